The number of hydrogen-bond donors (Lipinski definition) is 0. The van der Waals surface area contributed by atoms with Gasteiger partial charge in [-0.2, -0.15) is 4.80 Å². The molecule has 1 aliphatic heterocycles. The summed E-state index contributed by atoms with van der Waals surface area (Å²) in [7, 11) is 1.79. The second-order valence-electron chi connectivity index (χ2n) is 5.08. The van der Waals surface area contributed by atoms with Gasteiger partial charge in [-0.05, 0) is 29.5 Å². The molecule has 2 aromatic rings. The van der Waals surface area contributed by atoms with Crippen LogP contribution in [0.25, 0.3) is 0 Å². The molecule has 0 radical (unpaired) electrons. The Bertz CT molecular complexity index is 521. The molecule has 1 aliphatic rings. The molecule has 0 saturated carbocycles. The van der Waals surface area contributed by atoms with Crippen molar-refractivity contribution in [1.82, 2.24) is 25.1 Å². The summed E-state index contributed by atoms with van der Waals surface area (Å²) in [4.78, 5) is 5.20. The highest BCUT2D eigenvalue weighted by atomic mass is 32.1. The molecule has 0 spiro atoms. The van der Waals surface area contributed by atoms with Crippen LogP contribution in [0.3, 0.4) is 0 Å². The van der Waals surface area contributed by atoms with Crippen molar-refractivity contribution in [2.24, 2.45) is 7.05 Å². The summed E-state index contributed by atoms with van der Waals surface area (Å²) >= 11 is 1.78. The van der Waals surface area contributed by atoms with Gasteiger partial charge in [0.1, 0.15) is 0 Å². The number of thiophene rings is 1. The monoisotopic (exact) mass is 293 g/mol. The fraction of sp³-hybridized carbons (Fsp3) is 0.615. The lowest BCUT2D eigenvalue weighted by atomic mass is 10.2. The van der Waals surface area contributed by atoms with Crippen LogP contribution in [0.15, 0.2) is 17.5 Å². The van der Waals surface area contributed by atoms with Crippen molar-refractivity contribution in [3.05, 3.63) is 28.2 Å². The molecule has 2 aromatic heterocycles. The van der Waals surface area contributed by atoms with Gasteiger partial charge in [0.2, 0.25) is 0 Å². The molecule has 1 saturated heterocycles. The zero-order chi connectivity index (χ0) is 13.8. The Balaban J connectivity index is 1.65. The zero-order valence-electron chi connectivity index (χ0n) is 11.6. The Hall–Kier alpha value is -1.31. The van der Waals surface area contributed by atoms with Crippen LogP contribution in [0.1, 0.15) is 23.5 Å². The number of rotatable bonds is 6. The van der Waals surface area contributed by atoms with Crippen LogP contribution >= 0.6 is 11.3 Å². The first-order valence-electron chi connectivity index (χ1n) is 6.89. The van der Waals surface area contributed by atoms with E-state index < -0.39 is 0 Å². The summed E-state index contributed by atoms with van der Waals surface area (Å²) in [6.07, 6.45) is 2.65. The zero-order valence-corrected chi connectivity index (χ0v) is 12.4. The second kappa shape index (κ2) is 6.43. The SMILES string of the molecule is Cn1nnc(CN(Cc2cccs2)CC2CCCO2)n1. The third-order valence-electron chi connectivity index (χ3n) is 3.36. The highest BCUT2D eigenvalue weighted by Gasteiger charge is 2.20. The molecule has 3 heterocycles. The van der Waals surface area contributed by atoms with E-state index in [0.29, 0.717) is 12.6 Å². The first-order chi connectivity index (χ1) is 9.79. The van der Waals surface area contributed by atoms with Gasteiger partial charge in [-0.1, -0.05) is 6.07 Å². The molecule has 0 amide bonds. The molecule has 20 heavy (non-hydrogen) atoms. The van der Waals surface area contributed by atoms with Crippen LogP contribution in [0.4, 0.5) is 0 Å². The normalized spacial score (nSPS) is 19.0. The largest absolute Gasteiger partial charge is 0.377 e. The lowest BCUT2D eigenvalue weighted by Gasteiger charge is -2.23. The predicted octanol–water partition coefficient (Wildman–Crippen LogP) is 1.45. The molecule has 0 aliphatic carbocycles. The summed E-state index contributed by atoms with van der Waals surface area (Å²) < 4.78 is 5.75. The van der Waals surface area contributed by atoms with E-state index in [4.69, 9.17) is 4.74 Å². The van der Waals surface area contributed by atoms with E-state index in [9.17, 15) is 0 Å². The highest BCUT2D eigenvalue weighted by molar-refractivity contribution is 7.09. The summed E-state index contributed by atoms with van der Waals surface area (Å²) in [6, 6.07) is 4.25. The minimum atomic E-state index is 0.339. The maximum absolute atomic E-state index is 5.75. The van der Waals surface area contributed by atoms with E-state index >= 15 is 0 Å². The minimum absolute atomic E-state index is 0.339. The predicted molar refractivity (Wildman–Crippen MR) is 76.2 cm³/mol. The lowest BCUT2D eigenvalue weighted by Crippen LogP contribution is -2.31. The minimum Gasteiger partial charge on any atom is -0.377 e. The van der Waals surface area contributed by atoms with Crippen molar-refractivity contribution >= 4 is 11.3 Å². The van der Waals surface area contributed by atoms with E-state index in [2.05, 4.69) is 37.8 Å². The van der Waals surface area contributed by atoms with Gasteiger partial charge in [0, 0.05) is 24.6 Å². The number of hydrogen-bond acceptors (Lipinski definition) is 6. The van der Waals surface area contributed by atoms with Crippen molar-refractivity contribution in [1.29, 1.82) is 0 Å². The van der Waals surface area contributed by atoms with Crippen molar-refractivity contribution in [2.75, 3.05) is 13.2 Å². The van der Waals surface area contributed by atoms with Gasteiger partial charge < -0.3 is 4.74 Å². The Morgan fingerprint density at radius 2 is 2.45 bits per heavy atom. The summed E-state index contributed by atoms with van der Waals surface area (Å²) in [5, 5.41) is 14.4. The maximum Gasteiger partial charge on any atom is 0.188 e. The Morgan fingerprint density at radius 3 is 3.10 bits per heavy atom. The van der Waals surface area contributed by atoms with Gasteiger partial charge in [-0.3, -0.25) is 4.90 Å². The van der Waals surface area contributed by atoms with E-state index in [-0.39, 0.29) is 0 Å². The molecular formula is C13H19N5OS. The number of ether oxygens (including phenoxy) is 1. The van der Waals surface area contributed by atoms with Gasteiger partial charge in [0.25, 0.3) is 0 Å². The van der Waals surface area contributed by atoms with Gasteiger partial charge >= 0.3 is 0 Å². The first kappa shape index (κ1) is 13.7. The summed E-state index contributed by atoms with van der Waals surface area (Å²) in [5.74, 6) is 0.766. The van der Waals surface area contributed by atoms with Gasteiger partial charge in [0.15, 0.2) is 5.82 Å². The molecule has 7 heteroatoms. The smallest absolute Gasteiger partial charge is 0.188 e. The van der Waals surface area contributed by atoms with Gasteiger partial charge in [-0.25, -0.2) is 0 Å². The molecule has 1 fully saturated rings. The Labute approximate surface area is 122 Å². The highest BCUT2D eigenvalue weighted by Crippen LogP contribution is 2.18. The van der Waals surface area contributed by atoms with Crippen molar-refractivity contribution in [2.45, 2.75) is 32.0 Å². The van der Waals surface area contributed by atoms with Crippen LogP contribution in [-0.2, 0) is 24.9 Å². The summed E-state index contributed by atoms with van der Waals surface area (Å²) in [5.41, 5.74) is 0. The number of aromatic nitrogens is 4. The van der Waals surface area contributed by atoms with E-state index in [1.54, 1.807) is 18.4 Å². The summed E-state index contributed by atoms with van der Waals surface area (Å²) in [6.45, 7) is 3.44. The Kier molecular flexibility index (Phi) is 4.39. The average molecular weight is 293 g/mol. The average Bonchev–Trinajstić information content (AvgIpc) is 3.13. The fourth-order valence-corrected chi connectivity index (χ4v) is 3.22. The number of tetrazole rings is 1. The molecule has 6 nitrogen and oxygen atoms in total. The van der Waals surface area contributed by atoms with Crippen molar-refractivity contribution < 1.29 is 4.74 Å². The van der Waals surface area contributed by atoms with Gasteiger partial charge in [0.05, 0.1) is 19.7 Å². The maximum atomic E-state index is 5.75. The van der Waals surface area contributed by atoms with E-state index in [1.807, 2.05) is 0 Å². The fourth-order valence-electron chi connectivity index (χ4n) is 2.47. The standard InChI is InChI=1S/C13H19N5OS/c1-17-15-13(14-16-17)10-18(8-11-4-2-6-19-11)9-12-5-3-7-20-12/h3,5,7,11H,2,4,6,8-10H2,1H3. The first-order valence-corrected chi connectivity index (χ1v) is 7.77. The Morgan fingerprint density at radius 1 is 1.50 bits per heavy atom. The van der Waals surface area contributed by atoms with E-state index in [1.165, 1.54) is 16.1 Å². The third kappa shape index (κ3) is 3.62. The molecule has 0 N–H and O–H groups in total. The topological polar surface area (TPSA) is 56.1 Å². The van der Waals surface area contributed by atoms with Gasteiger partial charge in [-0.15, -0.1) is 21.5 Å². The van der Waals surface area contributed by atoms with Crippen LogP contribution in [0.2, 0.25) is 0 Å². The van der Waals surface area contributed by atoms with Crippen LogP contribution < -0.4 is 0 Å². The third-order valence-corrected chi connectivity index (χ3v) is 4.22. The second-order valence-corrected chi connectivity index (χ2v) is 6.11. The molecule has 0 bridgehead atoms. The number of aryl methyl sites for hydroxylation is 1. The van der Waals surface area contributed by atoms with Crippen molar-refractivity contribution in [3.8, 4) is 0 Å². The lowest BCUT2D eigenvalue weighted by molar-refractivity contribution is 0.0673. The quantitative estimate of drug-likeness (QED) is 0.807. The molecule has 1 atom stereocenters. The molecule has 1 unspecified atom stereocenters. The van der Waals surface area contributed by atoms with Crippen LogP contribution in [0.5, 0.6) is 0 Å². The molecule has 0 aromatic carbocycles. The molecule has 108 valence electrons. The van der Waals surface area contributed by atoms with Crippen LogP contribution in [-0.4, -0.2) is 44.4 Å². The molecule has 3 rings (SSSR count). The van der Waals surface area contributed by atoms with Crippen LogP contribution in [0, 0.1) is 0 Å². The van der Waals surface area contributed by atoms with Crippen molar-refractivity contribution in [3.63, 3.8) is 0 Å². The molecular weight excluding hydrogens is 274 g/mol. The number of nitrogens with zero attached hydrogens (tertiary/aromatic N) is 5. The van der Waals surface area contributed by atoms with E-state index in [0.717, 1.165) is 31.9 Å².